The van der Waals surface area contributed by atoms with E-state index < -0.39 is 6.23 Å². The molecule has 0 saturated carbocycles. The number of aldehydes is 1. The molecule has 0 fully saturated rings. The second-order valence-corrected chi connectivity index (χ2v) is 6.68. The quantitative estimate of drug-likeness (QED) is 0.302. The fraction of sp³-hybridized carbons (Fsp3) is 0.208. The Labute approximate surface area is 171 Å². The van der Waals surface area contributed by atoms with Crippen LogP contribution >= 0.6 is 0 Å². The third kappa shape index (κ3) is 5.67. The van der Waals surface area contributed by atoms with Gasteiger partial charge in [-0.15, -0.1) is 0 Å². The zero-order chi connectivity index (χ0) is 20.5. The molecule has 2 unspecified atom stereocenters. The van der Waals surface area contributed by atoms with Crippen LogP contribution in [0.3, 0.4) is 0 Å². The average molecular weight is 391 g/mol. The Morgan fingerprint density at radius 2 is 1.55 bits per heavy atom. The van der Waals surface area contributed by atoms with Crippen LogP contribution in [-0.4, -0.2) is 20.0 Å². The number of nitrogens with one attached hydrogen (secondary N) is 1. The third-order valence-corrected chi connectivity index (χ3v) is 4.53. The van der Waals surface area contributed by atoms with E-state index in [4.69, 9.17) is 14.3 Å². The molecule has 1 N–H and O–H groups in total. The van der Waals surface area contributed by atoms with Crippen molar-refractivity contribution in [2.75, 3.05) is 13.7 Å². The second kappa shape index (κ2) is 10.4. The highest BCUT2D eigenvalue weighted by Crippen LogP contribution is 2.32. The highest BCUT2D eigenvalue weighted by Gasteiger charge is 2.17. The first-order chi connectivity index (χ1) is 14.2. The lowest BCUT2D eigenvalue weighted by molar-refractivity contribution is -0.0194. The van der Waals surface area contributed by atoms with Crippen molar-refractivity contribution in [3.63, 3.8) is 0 Å². The zero-order valence-electron chi connectivity index (χ0n) is 16.6. The molecule has 0 saturated heterocycles. The largest absolute Gasteiger partial charge is 0.489 e. The van der Waals surface area contributed by atoms with Gasteiger partial charge in [0.1, 0.15) is 6.29 Å². The van der Waals surface area contributed by atoms with Crippen LogP contribution in [0, 0.1) is 0 Å². The van der Waals surface area contributed by atoms with Gasteiger partial charge in [0.15, 0.2) is 17.7 Å². The summed E-state index contributed by atoms with van der Waals surface area (Å²) in [5.41, 5.74) is 5.42. The van der Waals surface area contributed by atoms with Crippen molar-refractivity contribution in [3.05, 3.63) is 95.6 Å². The van der Waals surface area contributed by atoms with Gasteiger partial charge in [0.05, 0.1) is 13.7 Å². The van der Waals surface area contributed by atoms with Crippen LogP contribution in [-0.2, 0) is 4.84 Å². The highest BCUT2D eigenvalue weighted by molar-refractivity contribution is 5.76. The zero-order valence-corrected chi connectivity index (χ0v) is 16.6. The summed E-state index contributed by atoms with van der Waals surface area (Å²) in [6, 6.07) is 24.9. The van der Waals surface area contributed by atoms with Gasteiger partial charge in [-0.25, -0.2) is 0 Å². The Kier molecular flexibility index (Phi) is 7.39. The summed E-state index contributed by atoms with van der Waals surface area (Å²) in [6.45, 7) is 2.59. The molecule has 0 amide bonds. The lowest BCUT2D eigenvalue weighted by atomic mass is 10.0. The molecule has 3 rings (SSSR count). The van der Waals surface area contributed by atoms with E-state index in [1.54, 1.807) is 18.2 Å². The summed E-state index contributed by atoms with van der Waals surface area (Å²) in [6.07, 6.45) is 0.224. The Bertz CT molecular complexity index is 899. The maximum Gasteiger partial charge on any atom is 0.197 e. The molecule has 2 atom stereocenters. The highest BCUT2D eigenvalue weighted by atomic mass is 16.7. The molecule has 3 aromatic carbocycles. The van der Waals surface area contributed by atoms with Crippen LogP contribution in [0.1, 0.15) is 40.6 Å². The molecule has 0 heterocycles. The predicted molar refractivity (Wildman–Crippen MR) is 112 cm³/mol. The van der Waals surface area contributed by atoms with E-state index >= 15 is 0 Å². The Balaban J connectivity index is 1.80. The van der Waals surface area contributed by atoms with Crippen molar-refractivity contribution in [2.45, 2.75) is 19.1 Å². The maximum absolute atomic E-state index is 11.3. The van der Waals surface area contributed by atoms with Crippen molar-refractivity contribution >= 4 is 6.29 Å². The van der Waals surface area contributed by atoms with Gasteiger partial charge in [0.25, 0.3) is 0 Å². The SMILES string of the molecule is CONC(Oc1cc(C=O)ccc1OCC(C)c1ccccc1)c1ccccc1. The van der Waals surface area contributed by atoms with E-state index in [1.165, 1.54) is 12.7 Å². The van der Waals surface area contributed by atoms with Crippen LogP contribution in [0.4, 0.5) is 0 Å². The summed E-state index contributed by atoms with van der Waals surface area (Å²) < 4.78 is 12.2. The first-order valence-electron chi connectivity index (χ1n) is 9.48. The molecule has 0 radical (unpaired) electrons. The number of hydrogen-bond acceptors (Lipinski definition) is 5. The molecule has 5 nitrogen and oxygen atoms in total. The molecule has 5 heteroatoms. The lowest BCUT2D eigenvalue weighted by Crippen LogP contribution is -2.25. The summed E-state index contributed by atoms with van der Waals surface area (Å²) in [7, 11) is 1.53. The van der Waals surface area contributed by atoms with Crippen molar-refractivity contribution < 1.29 is 19.1 Å². The minimum Gasteiger partial charge on any atom is -0.489 e. The van der Waals surface area contributed by atoms with Crippen molar-refractivity contribution in [1.29, 1.82) is 0 Å². The summed E-state index contributed by atoms with van der Waals surface area (Å²) >= 11 is 0. The number of carbonyl (C=O) groups is 1. The van der Waals surface area contributed by atoms with Crippen LogP contribution < -0.4 is 15.0 Å². The number of hydrogen-bond donors (Lipinski definition) is 1. The fourth-order valence-electron chi connectivity index (χ4n) is 2.92. The molecule has 150 valence electrons. The lowest BCUT2D eigenvalue weighted by Gasteiger charge is -2.22. The molecule has 0 aromatic heterocycles. The first-order valence-corrected chi connectivity index (χ1v) is 9.48. The summed E-state index contributed by atoms with van der Waals surface area (Å²) in [5, 5.41) is 0. The van der Waals surface area contributed by atoms with E-state index in [0.717, 1.165) is 11.8 Å². The van der Waals surface area contributed by atoms with Crippen LogP contribution in [0.15, 0.2) is 78.9 Å². The number of carbonyl (C=O) groups excluding carboxylic acids is 1. The van der Waals surface area contributed by atoms with Gasteiger partial charge in [0.2, 0.25) is 0 Å². The summed E-state index contributed by atoms with van der Waals surface area (Å²) in [4.78, 5) is 16.4. The van der Waals surface area contributed by atoms with E-state index in [9.17, 15) is 4.79 Å². The van der Waals surface area contributed by atoms with Crippen molar-refractivity contribution in [2.24, 2.45) is 0 Å². The van der Waals surface area contributed by atoms with Gasteiger partial charge in [-0.05, 0) is 23.8 Å². The summed E-state index contributed by atoms with van der Waals surface area (Å²) in [5.74, 6) is 1.24. The Morgan fingerprint density at radius 3 is 2.17 bits per heavy atom. The second-order valence-electron chi connectivity index (χ2n) is 6.68. The van der Waals surface area contributed by atoms with Crippen LogP contribution in [0.5, 0.6) is 11.5 Å². The minimum atomic E-state index is -0.558. The molecule has 3 aromatic rings. The van der Waals surface area contributed by atoms with Crippen molar-refractivity contribution in [1.82, 2.24) is 5.48 Å². The minimum absolute atomic E-state index is 0.205. The Morgan fingerprint density at radius 1 is 0.897 bits per heavy atom. The van der Waals surface area contributed by atoms with Gasteiger partial charge in [-0.2, -0.15) is 5.48 Å². The predicted octanol–water partition coefficient (Wildman–Crippen LogP) is 4.91. The molecule has 0 aliphatic rings. The van der Waals surface area contributed by atoms with E-state index in [0.29, 0.717) is 23.7 Å². The number of rotatable bonds is 10. The number of hydroxylamine groups is 1. The molecular weight excluding hydrogens is 366 g/mol. The average Bonchev–Trinajstić information content (AvgIpc) is 2.78. The third-order valence-electron chi connectivity index (χ3n) is 4.53. The fourth-order valence-corrected chi connectivity index (χ4v) is 2.92. The van der Waals surface area contributed by atoms with Crippen LogP contribution in [0.2, 0.25) is 0 Å². The molecule has 0 aliphatic heterocycles. The Hall–Kier alpha value is -3.15. The van der Waals surface area contributed by atoms with Gasteiger partial charge in [0, 0.05) is 17.0 Å². The first kappa shape index (κ1) is 20.6. The number of ether oxygens (including phenoxy) is 2. The smallest absolute Gasteiger partial charge is 0.197 e. The van der Waals surface area contributed by atoms with Gasteiger partial charge >= 0.3 is 0 Å². The topological polar surface area (TPSA) is 56.8 Å². The molecule has 29 heavy (non-hydrogen) atoms. The van der Waals surface area contributed by atoms with Gasteiger partial charge < -0.3 is 14.3 Å². The van der Waals surface area contributed by atoms with Crippen LogP contribution in [0.25, 0.3) is 0 Å². The molecule has 0 spiro atoms. The van der Waals surface area contributed by atoms with E-state index in [-0.39, 0.29) is 5.92 Å². The number of benzene rings is 3. The van der Waals surface area contributed by atoms with E-state index in [1.807, 2.05) is 48.5 Å². The maximum atomic E-state index is 11.3. The standard InChI is InChI=1S/C24H25NO4/c1-18(20-9-5-3-6-10-20)17-28-22-14-13-19(16-26)15-23(22)29-24(25-27-2)21-11-7-4-8-12-21/h3-16,18,24-25H,17H2,1-2H3. The van der Waals surface area contributed by atoms with Gasteiger partial charge in [-0.1, -0.05) is 67.6 Å². The molecular formula is C24H25NO4. The van der Waals surface area contributed by atoms with E-state index in [2.05, 4.69) is 24.5 Å². The normalized spacial score (nSPS) is 12.8. The molecule has 0 aliphatic carbocycles. The molecule has 0 bridgehead atoms. The monoisotopic (exact) mass is 391 g/mol. The van der Waals surface area contributed by atoms with Crippen molar-refractivity contribution in [3.8, 4) is 11.5 Å². The van der Waals surface area contributed by atoms with Gasteiger partial charge in [-0.3, -0.25) is 4.79 Å².